The number of aryl methyl sites for hydroxylation is 1. The molecule has 0 unspecified atom stereocenters. The number of nitro groups is 1. The third-order valence-corrected chi connectivity index (χ3v) is 3.91. The van der Waals surface area contributed by atoms with Crippen LogP contribution in [0.2, 0.25) is 5.02 Å². The predicted molar refractivity (Wildman–Crippen MR) is 100 cm³/mol. The zero-order valence-corrected chi connectivity index (χ0v) is 14.8. The number of nitrogens with one attached hydrogen (secondary N) is 1. The summed E-state index contributed by atoms with van der Waals surface area (Å²) >= 11 is 6.05. The first kappa shape index (κ1) is 18.4. The van der Waals surface area contributed by atoms with Gasteiger partial charge < -0.3 is 10.1 Å². The average Bonchev–Trinajstić information content (AvgIpc) is 3.13. The third kappa shape index (κ3) is 5.05. The molecule has 3 aromatic rings. The van der Waals surface area contributed by atoms with Crippen LogP contribution in [-0.4, -0.2) is 20.6 Å². The number of benzene rings is 2. The molecule has 0 aliphatic carbocycles. The number of hydrogen-bond acceptors (Lipinski definition) is 5. The summed E-state index contributed by atoms with van der Waals surface area (Å²) in [5.74, 6) is 0.905. The van der Waals surface area contributed by atoms with E-state index in [0.29, 0.717) is 22.2 Å². The van der Waals surface area contributed by atoms with Crippen molar-refractivity contribution < 1.29 is 14.5 Å². The molecule has 0 aliphatic heterocycles. The number of anilines is 1. The number of carbonyl (C=O) groups excluding carboxylic acids is 1. The summed E-state index contributed by atoms with van der Waals surface area (Å²) in [6, 6.07) is 14.0. The van der Waals surface area contributed by atoms with E-state index < -0.39 is 4.92 Å². The lowest BCUT2D eigenvalue weighted by atomic mass is 10.3. The molecular weight excluding hydrogens is 372 g/mol. The molecule has 27 heavy (non-hydrogen) atoms. The summed E-state index contributed by atoms with van der Waals surface area (Å²) in [4.78, 5) is 22.1. The minimum absolute atomic E-state index is 0.107. The number of ether oxygens (including phenoxy) is 1. The first-order valence-corrected chi connectivity index (χ1v) is 8.38. The molecule has 1 N–H and O–H groups in total. The lowest BCUT2D eigenvalue weighted by Crippen LogP contribution is -2.14. The zero-order chi connectivity index (χ0) is 19.2. The monoisotopic (exact) mass is 386 g/mol. The Bertz CT molecular complexity index is 956. The van der Waals surface area contributed by atoms with Crippen molar-refractivity contribution in [2.45, 2.75) is 13.0 Å². The predicted octanol–water partition coefficient (Wildman–Crippen LogP) is 4.27. The van der Waals surface area contributed by atoms with E-state index in [1.54, 1.807) is 36.4 Å². The van der Waals surface area contributed by atoms with Gasteiger partial charge in [-0.3, -0.25) is 19.6 Å². The quantitative estimate of drug-likeness (QED) is 0.483. The van der Waals surface area contributed by atoms with Gasteiger partial charge in [0.25, 0.3) is 0 Å². The number of carbonyl (C=O) groups is 1. The summed E-state index contributed by atoms with van der Waals surface area (Å²) < 4.78 is 7.04. The zero-order valence-electron chi connectivity index (χ0n) is 14.0. The molecule has 9 heteroatoms. The molecule has 0 radical (unpaired) electrons. The second kappa shape index (κ2) is 8.33. The standard InChI is InChI=1S/C18H15ClN4O4/c19-16-3-1-2-4-17(16)27-15-7-5-13(6-8-15)21-18(24)9-10-22-12-14(11-20-22)23(25)26/h1-8,11-12H,9-10H2,(H,21,24). The molecule has 1 aromatic heterocycles. The summed E-state index contributed by atoms with van der Waals surface area (Å²) in [6.45, 7) is 0.243. The van der Waals surface area contributed by atoms with Gasteiger partial charge in [-0.1, -0.05) is 23.7 Å². The van der Waals surface area contributed by atoms with Crippen LogP contribution in [0.3, 0.4) is 0 Å². The van der Waals surface area contributed by atoms with Crippen molar-refractivity contribution in [3.63, 3.8) is 0 Å². The molecule has 0 saturated carbocycles. The van der Waals surface area contributed by atoms with Crippen LogP contribution >= 0.6 is 11.6 Å². The number of aromatic nitrogens is 2. The number of amides is 1. The van der Waals surface area contributed by atoms with Gasteiger partial charge in [-0.2, -0.15) is 5.10 Å². The van der Waals surface area contributed by atoms with Crippen molar-refractivity contribution >= 4 is 28.9 Å². The first-order chi connectivity index (χ1) is 13.0. The maximum absolute atomic E-state index is 12.0. The van der Waals surface area contributed by atoms with Crippen molar-refractivity contribution in [3.05, 3.63) is 76.1 Å². The summed E-state index contributed by atoms with van der Waals surface area (Å²) in [6.07, 6.45) is 2.57. The van der Waals surface area contributed by atoms with Gasteiger partial charge in [-0.05, 0) is 36.4 Å². The fraction of sp³-hybridized carbons (Fsp3) is 0.111. The Balaban J connectivity index is 1.52. The van der Waals surface area contributed by atoms with E-state index in [1.165, 1.54) is 10.9 Å². The Morgan fingerprint density at radius 3 is 2.63 bits per heavy atom. The largest absolute Gasteiger partial charge is 0.456 e. The first-order valence-electron chi connectivity index (χ1n) is 8.00. The van der Waals surface area contributed by atoms with E-state index >= 15 is 0 Å². The van der Waals surface area contributed by atoms with Gasteiger partial charge in [0.2, 0.25) is 5.91 Å². The van der Waals surface area contributed by atoms with E-state index in [4.69, 9.17) is 16.3 Å². The Morgan fingerprint density at radius 1 is 1.22 bits per heavy atom. The summed E-state index contributed by atoms with van der Waals surface area (Å²) in [5, 5.41) is 17.7. The second-order valence-corrected chi connectivity index (χ2v) is 5.98. The Hall–Kier alpha value is -3.39. The highest BCUT2D eigenvalue weighted by molar-refractivity contribution is 6.32. The van der Waals surface area contributed by atoms with Crippen LogP contribution in [0.4, 0.5) is 11.4 Å². The van der Waals surface area contributed by atoms with Crippen LogP contribution in [0.5, 0.6) is 11.5 Å². The molecule has 0 spiro atoms. The minimum atomic E-state index is -0.532. The highest BCUT2D eigenvalue weighted by Crippen LogP contribution is 2.29. The molecule has 1 heterocycles. The fourth-order valence-corrected chi connectivity index (χ4v) is 2.44. The van der Waals surface area contributed by atoms with Crippen LogP contribution < -0.4 is 10.1 Å². The lowest BCUT2D eigenvalue weighted by molar-refractivity contribution is -0.385. The minimum Gasteiger partial charge on any atom is -0.456 e. The van der Waals surface area contributed by atoms with Gasteiger partial charge in [-0.25, -0.2) is 0 Å². The summed E-state index contributed by atoms with van der Waals surface area (Å²) in [7, 11) is 0. The molecule has 0 bridgehead atoms. The van der Waals surface area contributed by atoms with Gasteiger partial charge in [-0.15, -0.1) is 0 Å². The van der Waals surface area contributed by atoms with E-state index in [9.17, 15) is 14.9 Å². The molecule has 0 aliphatic rings. The molecule has 8 nitrogen and oxygen atoms in total. The van der Waals surface area contributed by atoms with Crippen LogP contribution in [0.15, 0.2) is 60.9 Å². The molecule has 2 aromatic carbocycles. The topological polar surface area (TPSA) is 99.3 Å². The van der Waals surface area contributed by atoms with Crippen LogP contribution in [0.25, 0.3) is 0 Å². The molecule has 0 fully saturated rings. The fourth-order valence-electron chi connectivity index (χ4n) is 2.27. The maximum Gasteiger partial charge on any atom is 0.306 e. The molecular formula is C18H15ClN4O4. The number of hydrogen-bond donors (Lipinski definition) is 1. The SMILES string of the molecule is O=C(CCn1cc([N+](=O)[O-])cn1)Nc1ccc(Oc2ccccc2Cl)cc1. The number of rotatable bonds is 7. The van der Waals surface area contributed by atoms with Crippen molar-refractivity contribution in [2.75, 3.05) is 5.32 Å². The van der Waals surface area contributed by atoms with E-state index in [0.717, 1.165) is 6.20 Å². The maximum atomic E-state index is 12.0. The van der Waals surface area contributed by atoms with Gasteiger partial charge in [0.1, 0.15) is 23.9 Å². The molecule has 3 rings (SSSR count). The Kier molecular flexibility index (Phi) is 5.68. The van der Waals surface area contributed by atoms with Crippen molar-refractivity contribution in [1.82, 2.24) is 9.78 Å². The van der Waals surface area contributed by atoms with Gasteiger partial charge in [0, 0.05) is 18.7 Å². The van der Waals surface area contributed by atoms with E-state index in [2.05, 4.69) is 10.4 Å². The molecule has 1 amide bonds. The van der Waals surface area contributed by atoms with Gasteiger partial charge in [0.15, 0.2) is 0 Å². The van der Waals surface area contributed by atoms with Crippen molar-refractivity contribution in [1.29, 1.82) is 0 Å². The normalized spacial score (nSPS) is 10.4. The summed E-state index contributed by atoms with van der Waals surface area (Å²) in [5.41, 5.74) is 0.502. The van der Waals surface area contributed by atoms with E-state index in [-0.39, 0.29) is 24.6 Å². The number of halogens is 1. The van der Waals surface area contributed by atoms with E-state index in [1.807, 2.05) is 12.1 Å². The molecule has 0 saturated heterocycles. The third-order valence-electron chi connectivity index (χ3n) is 3.60. The Morgan fingerprint density at radius 2 is 1.96 bits per heavy atom. The van der Waals surface area contributed by atoms with Crippen molar-refractivity contribution in [3.8, 4) is 11.5 Å². The van der Waals surface area contributed by atoms with Gasteiger partial charge in [0.05, 0.1) is 9.95 Å². The number of para-hydroxylation sites is 1. The lowest BCUT2D eigenvalue weighted by Gasteiger charge is -2.09. The smallest absolute Gasteiger partial charge is 0.306 e. The van der Waals surface area contributed by atoms with Crippen LogP contribution in [0.1, 0.15) is 6.42 Å². The highest BCUT2D eigenvalue weighted by atomic mass is 35.5. The molecule has 138 valence electrons. The van der Waals surface area contributed by atoms with Crippen LogP contribution in [0, 0.1) is 10.1 Å². The number of nitrogens with zero attached hydrogens (tertiary/aromatic N) is 3. The second-order valence-electron chi connectivity index (χ2n) is 5.57. The average molecular weight is 387 g/mol. The van der Waals surface area contributed by atoms with Crippen molar-refractivity contribution in [2.24, 2.45) is 0 Å². The Labute approximate surface area is 159 Å². The van der Waals surface area contributed by atoms with Crippen LogP contribution in [-0.2, 0) is 11.3 Å². The molecule has 0 atom stereocenters. The highest BCUT2D eigenvalue weighted by Gasteiger charge is 2.10. The van der Waals surface area contributed by atoms with Gasteiger partial charge >= 0.3 is 5.69 Å².